The lowest BCUT2D eigenvalue weighted by Gasteiger charge is -2.16. The van der Waals surface area contributed by atoms with Gasteiger partial charge in [0.2, 0.25) is 0 Å². The molecule has 1 heterocycles. The minimum absolute atomic E-state index is 0.155. The van der Waals surface area contributed by atoms with E-state index >= 15 is 0 Å². The third kappa shape index (κ3) is 5.05. The molecule has 1 aromatic heterocycles. The van der Waals surface area contributed by atoms with Gasteiger partial charge in [0.05, 0.1) is 0 Å². The summed E-state index contributed by atoms with van der Waals surface area (Å²) in [6.07, 6.45) is 3.02. The van der Waals surface area contributed by atoms with Crippen molar-refractivity contribution in [1.29, 1.82) is 0 Å². The van der Waals surface area contributed by atoms with Crippen molar-refractivity contribution in [3.63, 3.8) is 0 Å². The first kappa shape index (κ1) is 21.5. The summed E-state index contributed by atoms with van der Waals surface area (Å²) in [7, 11) is -4.73. The van der Waals surface area contributed by atoms with Gasteiger partial charge in [0, 0.05) is 26.2 Å². The molecule has 2 N–H and O–H groups in total. The van der Waals surface area contributed by atoms with Crippen molar-refractivity contribution in [2.75, 3.05) is 0 Å². The number of carbonyl (C=O) groups excluding carboxylic acids is 1. The van der Waals surface area contributed by atoms with Gasteiger partial charge in [0.1, 0.15) is 5.66 Å². The van der Waals surface area contributed by atoms with Gasteiger partial charge in [0.15, 0.2) is 5.78 Å². The van der Waals surface area contributed by atoms with Crippen LogP contribution in [0.2, 0.25) is 15.1 Å². The van der Waals surface area contributed by atoms with Crippen molar-refractivity contribution in [2.24, 2.45) is 0 Å². The zero-order valence-corrected chi connectivity index (χ0v) is 18.2. The summed E-state index contributed by atoms with van der Waals surface area (Å²) in [4.78, 5) is 32.4. The Kier molecular flexibility index (Phi) is 6.68. The zero-order valence-electron chi connectivity index (χ0n) is 14.2. The smallest absolute Gasteiger partial charge is 0.324 e. The molecule has 9 heteroatoms. The van der Waals surface area contributed by atoms with Crippen molar-refractivity contribution in [3.8, 4) is 0 Å². The molecule has 3 aromatic rings. The van der Waals surface area contributed by atoms with Crippen LogP contribution in [0, 0.1) is 0 Å². The first-order chi connectivity index (χ1) is 13.1. The van der Waals surface area contributed by atoms with Crippen LogP contribution in [0.5, 0.6) is 0 Å². The number of halogens is 3. The second-order valence-corrected chi connectivity index (χ2v) is 10.0. The number of benzene rings is 2. The number of Topliss-reactive ketones (excluding diaryl/α,β-unsaturated/α-hetero) is 1. The summed E-state index contributed by atoms with van der Waals surface area (Å²) in [5.74, 6) is -0.586. The molecule has 0 saturated heterocycles. The summed E-state index contributed by atoms with van der Waals surface area (Å²) in [5, 5.41) is 3.51. The van der Waals surface area contributed by atoms with Gasteiger partial charge >= 0.3 is 7.60 Å². The van der Waals surface area contributed by atoms with Gasteiger partial charge in [0.25, 0.3) is 0 Å². The van der Waals surface area contributed by atoms with Gasteiger partial charge in [-0.2, -0.15) is 0 Å². The lowest BCUT2D eigenvalue weighted by Crippen LogP contribution is -2.12. The largest absolute Gasteiger partial charge is 0.340 e. The van der Waals surface area contributed by atoms with E-state index < -0.39 is 19.0 Å². The summed E-state index contributed by atoms with van der Waals surface area (Å²) in [6.45, 7) is 0. The second-order valence-electron chi connectivity index (χ2n) is 6.10. The Morgan fingerprint density at radius 3 is 2.39 bits per heavy atom. The standard InChI is InChI=1S/C19H14Cl3O4PS/c20-12-4-5-18-15(9-12)16(10-28-18)19(27(24,25)26)17(23)3-1-2-11-6-13(21)8-14(22)7-11/h1-2,4-10,19H,3H2,(H2,24,25,26)/b2-1+. The Hall–Kier alpha value is -1.17. The van der Waals surface area contributed by atoms with Crippen LogP contribution in [0.1, 0.15) is 23.2 Å². The third-order valence-corrected chi connectivity index (χ3v) is 6.91. The number of allylic oxidation sites excluding steroid dienone is 1. The predicted molar refractivity (Wildman–Crippen MR) is 117 cm³/mol. The summed E-state index contributed by atoms with van der Waals surface area (Å²) < 4.78 is 12.9. The molecule has 0 saturated carbocycles. The Bertz CT molecular complexity index is 1100. The maximum absolute atomic E-state index is 12.7. The molecule has 146 valence electrons. The molecule has 0 aliphatic rings. The first-order valence-electron chi connectivity index (χ1n) is 8.02. The van der Waals surface area contributed by atoms with E-state index in [1.807, 2.05) is 0 Å². The van der Waals surface area contributed by atoms with Gasteiger partial charge in [-0.15, -0.1) is 11.3 Å². The number of hydrogen-bond donors (Lipinski definition) is 2. The van der Waals surface area contributed by atoms with Crippen molar-refractivity contribution >= 4 is 75.7 Å². The number of carbonyl (C=O) groups is 1. The molecule has 4 nitrogen and oxygen atoms in total. The van der Waals surface area contributed by atoms with Gasteiger partial charge in [-0.3, -0.25) is 9.36 Å². The lowest BCUT2D eigenvalue weighted by atomic mass is 10.0. The highest BCUT2D eigenvalue weighted by Gasteiger charge is 2.37. The molecule has 0 bridgehead atoms. The summed E-state index contributed by atoms with van der Waals surface area (Å²) in [5.41, 5.74) is -0.571. The topological polar surface area (TPSA) is 74.6 Å². The van der Waals surface area contributed by atoms with Gasteiger partial charge < -0.3 is 9.79 Å². The molecule has 1 unspecified atom stereocenters. The molecule has 1 atom stereocenters. The van der Waals surface area contributed by atoms with Crippen LogP contribution in [0.4, 0.5) is 0 Å². The Morgan fingerprint density at radius 1 is 1.07 bits per heavy atom. The van der Waals surface area contributed by atoms with Gasteiger partial charge in [-0.1, -0.05) is 47.0 Å². The highest BCUT2D eigenvalue weighted by molar-refractivity contribution is 7.53. The number of fused-ring (bicyclic) bond motifs is 1. The molecule has 0 spiro atoms. The first-order valence-corrected chi connectivity index (χ1v) is 11.7. The van der Waals surface area contributed by atoms with Crippen molar-refractivity contribution in [1.82, 2.24) is 0 Å². The van der Waals surface area contributed by atoms with E-state index in [1.54, 1.807) is 47.9 Å². The van der Waals surface area contributed by atoms with Crippen LogP contribution in [0.15, 0.2) is 47.9 Å². The van der Waals surface area contributed by atoms with E-state index in [-0.39, 0.29) is 6.42 Å². The van der Waals surface area contributed by atoms with Crippen molar-refractivity contribution in [3.05, 3.63) is 74.0 Å². The molecule has 2 aromatic carbocycles. The van der Waals surface area contributed by atoms with Crippen molar-refractivity contribution < 1.29 is 19.1 Å². The highest BCUT2D eigenvalue weighted by atomic mass is 35.5. The molecule has 0 radical (unpaired) electrons. The summed E-state index contributed by atoms with van der Waals surface area (Å²) in [6, 6.07) is 9.99. The second kappa shape index (κ2) is 8.68. The number of ketones is 1. The van der Waals surface area contributed by atoms with E-state index in [0.717, 1.165) is 4.70 Å². The number of rotatable bonds is 6. The van der Waals surface area contributed by atoms with E-state index in [0.29, 0.717) is 31.6 Å². The molecule has 0 aliphatic heterocycles. The normalized spacial score (nSPS) is 13.3. The fraction of sp³-hybridized carbons (Fsp3) is 0.105. The average Bonchev–Trinajstić information content (AvgIpc) is 2.95. The van der Waals surface area contributed by atoms with Gasteiger partial charge in [-0.05, 0) is 58.3 Å². The van der Waals surface area contributed by atoms with Crippen LogP contribution in [0.3, 0.4) is 0 Å². The molecule has 0 amide bonds. The fourth-order valence-electron chi connectivity index (χ4n) is 2.87. The van der Waals surface area contributed by atoms with Crippen LogP contribution in [-0.4, -0.2) is 15.6 Å². The molecular weight excluding hydrogens is 462 g/mol. The Balaban J connectivity index is 1.89. The zero-order chi connectivity index (χ0) is 20.5. The molecule has 3 rings (SSSR count). The maximum Gasteiger partial charge on any atom is 0.340 e. The number of hydrogen-bond acceptors (Lipinski definition) is 3. The van der Waals surface area contributed by atoms with Crippen LogP contribution in [0.25, 0.3) is 16.2 Å². The van der Waals surface area contributed by atoms with E-state index in [4.69, 9.17) is 34.8 Å². The van der Waals surface area contributed by atoms with Crippen molar-refractivity contribution in [2.45, 2.75) is 12.1 Å². The summed E-state index contributed by atoms with van der Waals surface area (Å²) >= 11 is 19.2. The Labute approximate surface area is 180 Å². The lowest BCUT2D eigenvalue weighted by molar-refractivity contribution is -0.118. The van der Waals surface area contributed by atoms with E-state index in [1.165, 1.54) is 17.4 Å². The molecular formula is C19H14Cl3O4PS. The van der Waals surface area contributed by atoms with Crippen LogP contribution >= 0.6 is 53.7 Å². The van der Waals surface area contributed by atoms with E-state index in [9.17, 15) is 19.1 Å². The minimum atomic E-state index is -4.73. The quantitative estimate of drug-likeness (QED) is 0.387. The fourth-order valence-corrected chi connectivity index (χ4v) is 5.71. The average molecular weight is 476 g/mol. The van der Waals surface area contributed by atoms with Gasteiger partial charge in [-0.25, -0.2) is 0 Å². The number of thiophene rings is 1. The third-order valence-electron chi connectivity index (χ3n) is 4.02. The predicted octanol–water partition coefficient (Wildman–Crippen LogP) is 6.75. The van der Waals surface area contributed by atoms with Crippen LogP contribution in [-0.2, 0) is 9.36 Å². The molecule has 0 aliphatic carbocycles. The van der Waals surface area contributed by atoms with Crippen LogP contribution < -0.4 is 0 Å². The van der Waals surface area contributed by atoms with E-state index in [2.05, 4.69) is 0 Å². The maximum atomic E-state index is 12.7. The minimum Gasteiger partial charge on any atom is -0.324 e. The Morgan fingerprint density at radius 2 is 1.75 bits per heavy atom. The SMILES string of the molecule is O=C(C/C=C/c1cc(Cl)cc(Cl)c1)C(c1csc2ccc(Cl)cc12)P(=O)(O)O. The molecule has 0 fully saturated rings. The monoisotopic (exact) mass is 474 g/mol. The highest BCUT2D eigenvalue weighted by Crippen LogP contribution is 2.55. The molecule has 28 heavy (non-hydrogen) atoms.